The third kappa shape index (κ3) is 2.32. The molecule has 1 aromatic heterocycles. The summed E-state index contributed by atoms with van der Waals surface area (Å²) in [7, 11) is 0. The fraction of sp³-hybridized carbons (Fsp3) is 0.400. The second-order valence-corrected chi connectivity index (χ2v) is 4.63. The summed E-state index contributed by atoms with van der Waals surface area (Å²) in [4.78, 5) is 11.8. The maximum atomic E-state index is 5.31. The van der Waals surface area contributed by atoms with Crippen LogP contribution in [0.4, 0.5) is 5.13 Å². The van der Waals surface area contributed by atoms with Crippen molar-refractivity contribution < 1.29 is 0 Å². The molecule has 0 aliphatic carbocycles. The monoisotopic (exact) mass is 235 g/mol. The lowest BCUT2D eigenvalue weighted by Crippen LogP contribution is -2.30. The van der Waals surface area contributed by atoms with Crippen molar-refractivity contribution in [2.75, 3.05) is 13.1 Å². The number of thiazole rings is 1. The molecule has 84 valence electrons. The molecule has 1 aliphatic heterocycles. The second-order valence-electron chi connectivity index (χ2n) is 3.57. The van der Waals surface area contributed by atoms with E-state index < -0.39 is 0 Å². The van der Waals surface area contributed by atoms with Gasteiger partial charge in [0.25, 0.3) is 0 Å². The maximum Gasteiger partial charge on any atom is 0.212 e. The zero-order valence-electron chi connectivity index (χ0n) is 8.81. The quantitative estimate of drug-likeness (QED) is 0.431. The van der Waals surface area contributed by atoms with Gasteiger partial charge in [-0.25, -0.2) is 4.98 Å². The van der Waals surface area contributed by atoms with Gasteiger partial charge in [0, 0.05) is 24.4 Å². The van der Waals surface area contributed by atoms with Crippen molar-refractivity contribution in [1.82, 2.24) is 9.88 Å². The number of aromatic nitrogens is 1. The van der Waals surface area contributed by atoms with Crippen molar-refractivity contribution in [3.05, 3.63) is 10.6 Å². The number of guanidine groups is 1. The van der Waals surface area contributed by atoms with Crippen molar-refractivity contribution in [2.24, 2.45) is 16.5 Å². The van der Waals surface area contributed by atoms with Gasteiger partial charge < -0.3 is 11.5 Å². The van der Waals surface area contributed by atoms with E-state index in [4.69, 9.17) is 17.9 Å². The fourth-order valence-electron chi connectivity index (χ4n) is 1.66. The van der Waals surface area contributed by atoms with Crippen molar-refractivity contribution >= 4 is 22.4 Å². The van der Waals surface area contributed by atoms with E-state index in [1.165, 1.54) is 16.2 Å². The number of hydrogen-bond donors (Lipinski definition) is 2. The van der Waals surface area contributed by atoms with Gasteiger partial charge in [0.2, 0.25) is 5.13 Å². The van der Waals surface area contributed by atoms with Crippen LogP contribution in [-0.4, -0.2) is 28.9 Å². The Labute approximate surface area is 98.2 Å². The average Bonchev–Trinajstić information content (AvgIpc) is 2.58. The van der Waals surface area contributed by atoms with Crippen molar-refractivity contribution in [3.63, 3.8) is 0 Å². The van der Waals surface area contributed by atoms with Crippen LogP contribution < -0.4 is 11.5 Å². The Bertz CT molecular complexity index is 452. The molecule has 6 heteroatoms. The summed E-state index contributed by atoms with van der Waals surface area (Å²) in [5.74, 6) is 2.70. The van der Waals surface area contributed by atoms with Gasteiger partial charge >= 0.3 is 0 Å². The number of fused-ring (bicyclic) bond motifs is 1. The van der Waals surface area contributed by atoms with Crippen LogP contribution in [0.1, 0.15) is 10.6 Å². The summed E-state index contributed by atoms with van der Waals surface area (Å²) in [6, 6.07) is 0. The minimum absolute atomic E-state index is 0.0478. The number of terminal acetylenes is 1. The third-order valence-electron chi connectivity index (χ3n) is 2.34. The first-order valence-electron chi connectivity index (χ1n) is 4.93. The number of rotatable bonds is 2. The smallest absolute Gasteiger partial charge is 0.212 e. The first kappa shape index (κ1) is 10.9. The van der Waals surface area contributed by atoms with Crippen LogP contribution in [0.5, 0.6) is 0 Å². The zero-order valence-corrected chi connectivity index (χ0v) is 9.63. The highest BCUT2D eigenvalue weighted by atomic mass is 32.1. The summed E-state index contributed by atoms with van der Waals surface area (Å²) >= 11 is 1.52. The number of aliphatic imine (C=N–C) groups is 1. The Morgan fingerprint density at radius 1 is 1.62 bits per heavy atom. The van der Waals surface area contributed by atoms with Crippen LogP contribution in [0.3, 0.4) is 0 Å². The summed E-state index contributed by atoms with van der Waals surface area (Å²) < 4.78 is 0. The Hall–Kier alpha value is -1.58. The van der Waals surface area contributed by atoms with Gasteiger partial charge in [-0.15, -0.1) is 6.42 Å². The van der Waals surface area contributed by atoms with Crippen LogP contribution in [0.25, 0.3) is 0 Å². The van der Waals surface area contributed by atoms with Gasteiger partial charge in [-0.3, -0.25) is 4.90 Å². The highest BCUT2D eigenvalue weighted by Gasteiger charge is 2.19. The van der Waals surface area contributed by atoms with Crippen LogP contribution >= 0.6 is 11.3 Å². The van der Waals surface area contributed by atoms with Crippen molar-refractivity contribution in [2.45, 2.75) is 13.0 Å². The lowest BCUT2D eigenvalue weighted by molar-refractivity contribution is 0.288. The molecule has 0 bridgehead atoms. The zero-order chi connectivity index (χ0) is 11.5. The molecule has 1 aromatic rings. The molecule has 0 saturated carbocycles. The van der Waals surface area contributed by atoms with Crippen LogP contribution in [-0.2, 0) is 13.0 Å². The average molecular weight is 235 g/mol. The van der Waals surface area contributed by atoms with Gasteiger partial charge in [-0.1, -0.05) is 17.3 Å². The van der Waals surface area contributed by atoms with Gasteiger partial charge in [0.1, 0.15) is 0 Å². The molecule has 16 heavy (non-hydrogen) atoms. The molecule has 0 fully saturated rings. The largest absolute Gasteiger partial charge is 0.370 e. The van der Waals surface area contributed by atoms with Gasteiger partial charge in [0.15, 0.2) is 5.96 Å². The molecule has 5 nitrogen and oxygen atoms in total. The van der Waals surface area contributed by atoms with E-state index in [0.29, 0.717) is 11.7 Å². The van der Waals surface area contributed by atoms with E-state index in [1.807, 2.05) is 0 Å². The summed E-state index contributed by atoms with van der Waals surface area (Å²) in [6.07, 6.45) is 6.20. The summed E-state index contributed by atoms with van der Waals surface area (Å²) in [6.45, 7) is 2.47. The Morgan fingerprint density at radius 2 is 2.44 bits per heavy atom. The Morgan fingerprint density at radius 3 is 3.12 bits per heavy atom. The van der Waals surface area contributed by atoms with E-state index in [2.05, 4.69) is 20.8 Å². The molecular weight excluding hydrogens is 222 g/mol. The highest BCUT2D eigenvalue weighted by Crippen LogP contribution is 2.29. The molecule has 0 unspecified atom stereocenters. The molecule has 0 atom stereocenters. The molecule has 0 saturated heterocycles. The van der Waals surface area contributed by atoms with Crippen LogP contribution in [0.15, 0.2) is 4.99 Å². The lowest BCUT2D eigenvalue weighted by Gasteiger charge is -2.23. The highest BCUT2D eigenvalue weighted by molar-refractivity contribution is 7.15. The molecule has 1 aliphatic rings. The summed E-state index contributed by atoms with van der Waals surface area (Å²) in [5, 5.41) is 0.632. The minimum Gasteiger partial charge on any atom is -0.370 e. The number of hydrogen-bond acceptors (Lipinski definition) is 4. The number of nitrogens with zero attached hydrogens (tertiary/aromatic N) is 3. The lowest BCUT2D eigenvalue weighted by atomic mass is 10.2. The molecule has 2 rings (SSSR count). The fourth-order valence-corrected chi connectivity index (χ4v) is 2.70. The van der Waals surface area contributed by atoms with E-state index in [0.717, 1.165) is 25.2 Å². The van der Waals surface area contributed by atoms with Crippen LogP contribution in [0.2, 0.25) is 0 Å². The van der Waals surface area contributed by atoms with Gasteiger partial charge in [0.05, 0.1) is 12.2 Å². The SMILES string of the molecule is C#CCN1CCc2nc(N=C(N)N)sc2C1. The second kappa shape index (κ2) is 4.51. The molecule has 0 radical (unpaired) electrons. The van der Waals surface area contributed by atoms with E-state index in [9.17, 15) is 0 Å². The van der Waals surface area contributed by atoms with Crippen molar-refractivity contribution in [1.29, 1.82) is 0 Å². The summed E-state index contributed by atoms with van der Waals surface area (Å²) in [5.41, 5.74) is 11.7. The Balaban J connectivity index is 2.17. The minimum atomic E-state index is 0.0478. The predicted molar refractivity (Wildman–Crippen MR) is 65.4 cm³/mol. The van der Waals surface area contributed by atoms with Gasteiger partial charge in [-0.2, -0.15) is 4.99 Å². The topological polar surface area (TPSA) is 80.5 Å². The number of nitrogens with two attached hydrogens (primary N) is 2. The maximum absolute atomic E-state index is 5.31. The van der Waals surface area contributed by atoms with E-state index in [1.54, 1.807) is 0 Å². The molecule has 0 aromatic carbocycles. The molecule has 0 spiro atoms. The standard InChI is InChI=1S/C10H13N5S/c1-2-4-15-5-3-7-8(6-15)16-10(13-7)14-9(11)12/h1H,3-6H2,(H4,11,12,13,14). The normalized spacial score (nSPS) is 15.2. The van der Waals surface area contributed by atoms with Crippen molar-refractivity contribution in [3.8, 4) is 12.3 Å². The third-order valence-corrected chi connectivity index (χ3v) is 3.31. The molecule has 0 amide bonds. The molecular formula is C10H13N5S. The predicted octanol–water partition coefficient (Wildman–Crippen LogP) is 0.0393. The first-order valence-corrected chi connectivity index (χ1v) is 5.74. The van der Waals surface area contributed by atoms with Crippen LogP contribution in [0, 0.1) is 12.3 Å². The molecule has 4 N–H and O–H groups in total. The Kier molecular flexibility index (Phi) is 3.08. The van der Waals surface area contributed by atoms with Gasteiger partial charge in [-0.05, 0) is 0 Å². The molecule has 2 heterocycles. The van der Waals surface area contributed by atoms with E-state index >= 15 is 0 Å². The van der Waals surface area contributed by atoms with E-state index in [-0.39, 0.29) is 5.96 Å². The first-order chi connectivity index (χ1) is 7.69.